The normalized spacial score (nSPS) is 14.4. The van der Waals surface area contributed by atoms with Crippen molar-refractivity contribution in [3.8, 4) is 0 Å². The monoisotopic (exact) mass is 433 g/mol. The van der Waals surface area contributed by atoms with Crippen LogP contribution in [0.4, 0.5) is 27.5 Å². The number of benzene rings is 1. The summed E-state index contributed by atoms with van der Waals surface area (Å²) in [6.45, 7) is 8.10. The number of piperazine rings is 1. The Bertz CT molecular complexity index is 922. The van der Waals surface area contributed by atoms with E-state index in [-0.39, 0.29) is 22.6 Å². The molecule has 0 atom stereocenters. The third-order valence-corrected chi connectivity index (χ3v) is 4.78. The smallest absolute Gasteiger partial charge is 0.410 e. The molecule has 0 bridgehead atoms. The summed E-state index contributed by atoms with van der Waals surface area (Å²) in [5, 5.41) is 14.1. The number of rotatable bonds is 4. The highest BCUT2D eigenvalue weighted by Crippen LogP contribution is 2.33. The van der Waals surface area contributed by atoms with Crippen molar-refractivity contribution < 1.29 is 14.5 Å². The predicted octanol–water partition coefficient (Wildman–Crippen LogP) is 4.44. The summed E-state index contributed by atoms with van der Waals surface area (Å²) in [6.07, 6.45) is 1.12. The number of hydrogen-bond donors (Lipinski definition) is 1. The van der Waals surface area contributed by atoms with Crippen LogP contribution in [0.15, 0.2) is 36.5 Å². The Labute approximate surface area is 179 Å². The van der Waals surface area contributed by atoms with E-state index in [4.69, 9.17) is 16.3 Å². The average molecular weight is 434 g/mol. The summed E-state index contributed by atoms with van der Waals surface area (Å²) in [7, 11) is 0. The Morgan fingerprint density at radius 1 is 1.17 bits per heavy atom. The molecule has 10 heteroatoms. The lowest BCUT2D eigenvalue weighted by Gasteiger charge is -2.36. The van der Waals surface area contributed by atoms with Crippen molar-refractivity contribution in [2.45, 2.75) is 26.4 Å². The minimum atomic E-state index is -0.559. The first-order chi connectivity index (χ1) is 14.1. The summed E-state index contributed by atoms with van der Waals surface area (Å²) in [5.74, 6) is 0. The van der Waals surface area contributed by atoms with Gasteiger partial charge in [-0.1, -0.05) is 11.6 Å². The SMILES string of the molecule is CC(C)(C)OC(=O)N1CCN(c2ccc(Nc3ccnc(Cl)c3[N+](=O)[O-])cc2)CC1. The minimum absolute atomic E-state index is 0.163. The second kappa shape index (κ2) is 8.74. The van der Waals surface area contributed by atoms with Gasteiger partial charge in [-0.05, 0) is 51.1 Å². The first-order valence-corrected chi connectivity index (χ1v) is 9.91. The van der Waals surface area contributed by atoms with Crippen LogP contribution in [0.2, 0.25) is 5.15 Å². The molecule has 0 radical (unpaired) electrons. The van der Waals surface area contributed by atoms with Gasteiger partial charge in [-0.3, -0.25) is 10.1 Å². The van der Waals surface area contributed by atoms with Crippen molar-refractivity contribution in [3.05, 3.63) is 51.8 Å². The van der Waals surface area contributed by atoms with E-state index in [1.807, 2.05) is 45.0 Å². The van der Waals surface area contributed by atoms with Gasteiger partial charge in [-0.25, -0.2) is 9.78 Å². The van der Waals surface area contributed by atoms with Gasteiger partial charge in [0, 0.05) is 43.8 Å². The van der Waals surface area contributed by atoms with Crippen molar-refractivity contribution in [2.24, 2.45) is 0 Å². The average Bonchev–Trinajstić information content (AvgIpc) is 2.67. The van der Waals surface area contributed by atoms with Crippen LogP contribution in [0, 0.1) is 10.1 Å². The molecule has 0 aliphatic carbocycles. The van der Waals surface area contributed by atoms with E-state index in [0.29, 0.717) is 31.9 Å². The van der Waals surface area contributed by atoms with E-state index in [9.17, 15) is 14.9 Å². The zero-order valence-electron chi connectivity index (χ0n) is 17.1. The Morgan fingerprint density at radius 3 is 2.37 bits per heavy atom. The van der Waals surface area contributed by atoms with Crippen LogP contribution in [0.3, 0.4) is 0 Å². The van der Waals surface area contributed by atoms with E-state index in [1.165, 1.54) is 12.3 Å². The third kappa shape index (κ3) is 5.29. The summed E-state index contributed by atoms with van der Waals surface area (Å²) >= 11 is 5.85. The number of amides is 1. The molecule has 0 saturated carbocycles. The Morgan fingerprint density at radius 2 is 1.80 bits per heavy atom. The molecule has 1 N–H and O–H groups in total. The van der Waals surface area contributed by atoms with Crippen LogP contribution in [0.1, 0.15) is 20.8 Å². The van der Waals surface area contributed by atoms with Crippen LogP contribution in [-0.4, -0.2) is 52.7 Å². The molecule has 2 heterocycles. The van der Waals surface area contributed by atoms with Gasteiger partial charge in [-0.2, -0.15) is 0 Å². The molecule has 1 amide bonds. The second-order valence-electron chi connectivity index (χ2n) is 7.88. The number of nitro groups is 1. The maximum Gasteiger partial charge on any atom is 0.410 e. The number of nitrogens with one attached hydrogen (secondary N) is 1. The molecule has 1 aliphatic heterocycles. The van der Waals surface area contributed by atoms with Gasteiger partial charge in [0.05, 0.1) is 4.92 Å². The number of hydrogen-bond acceptors (Lipinski definition) is 7. The van der Waals surface area contributed by atoms with Gasteiger partial charge < -0.3 is 19.9 Å². The van der Waals surface area contributed by atoms with Gasteiger partial charge in [0.15, 0.2) is 0 Å². The molecule has 0 spiro atoms. The molecular weight excluding hydrogens is 410 g/mol. The van der Waals surface area contributed by atoms with Crippen LogP contribution < -0.4 is 10.2 Å². The first-order valence-electron chi connectivity index (χ1n) is 9.53. The molecule has 3 rings (SSSR count). The zero-order valence-corrected chi connectivity index (χ0v) is 17.8. The lowest BCUT2D eigenvalue weighted by Crippen LogP contribution is -2.50. The maximum atomic E-state index is 12.2. The number of carbonyl (C=O) groups is 1. The van der Waals surface area contributed by atoms with Crippen molar-refractivity contribution in [2.75, 3.05) is 36.4 Å². The van der Waals surface area contributed by atoms with Crippen LogP contribution in [0.5, 0.6) is 0 Å². The lowest BCUT2D eigenvalue weighted by molar-refractivity contribution is -0.384. The topological polar surface area (TPSA) is 101 Å². The highest BCUT2D eigenvalue weighted by molar-refractivity contribution is 6.32. The molecule has 2 aromatic rings. The summed E-state index contributed by atoms with van der Waals surface area (Å²) in [6, 6.07) is 9.05. The fourth-order valence-corrected chi connectivity index (χ4v) is 3.31. The highest BCUT2D eigenvalue weighted by Gasteiger charge is 2.26. The van der Waals surface area contributed by atoms with Crippen molar-refractivity contribution >= 4 is 40.4 Å². The van der Waals surface area contributed by atoms with Crippen molar-refractivity contribution in [3.63, 3.8) is 0 Å². The van der Waals surface area contributed by atoms with Crippen LogP contribution in [0.25, 0.3) is 0 Å². The molecule has 1 fully saturated rings. The number of ether oxygens (including phenoxy) is 1. The molecule has 9 nitrogen and oxygen atoms in total. The summed E-state index contributed by atoms with van der Waals surface area (Å²) < 4.78 is 5.42. The van der Waals surface area contributed by atoms with Gasteiger partial charge in [-0.15, -0.1) is 0 Å². The van der Waals surface area contributed by atoms with Crippen LogP contribution >= 0.6 is 11.6 Å². The molecular formula is C20H24ClN5O4. The van der Waals surface area contributed by atoms with Gasteiger partial charge in [0.25, 0.3) is 0 Å². The third-order valence-electron chi connectivity index (χ3n) is 4.51. The van der Waals surface area contributed by atoms with Crippen LogP contribution in [-0.2, 0) is 4.74 Å². The highest BCUT2D eigenvalue weighted by atomic mass is 35.5. The minimum Gasteiger partial charge on any atom is -0.444 e. The van der Waals surface area contributed by atoms with E-state index >= 15 is 0 Å². The number of carbonyl (C=O) groups excluding carboxylic acids is 1. The molecule has 1 aliphatic rings. The zero-order chi connectivity index (χ0) is 21.9. The number of anilines is 3. The van der Waals surface area contributed by atoms with Crippen molar-refractivity contribution in [1.82, 2.24) is 9.88 Å². The van der Waals surface area contributed by atoms with Crippen molar-refractivity contribution in [1.29, 1.82) is 0 Å². The Balaban J connectivity index is 1.62. The number of aromatic nitrogens is 1. The van der Waals surface area contributed by atoms with E-state index in [2.05, 4.69) is 15.2 Å². The number of halogens is 1. The number of nitrogens with zero attached hydrogens (tertiary/aromatic N) is 4. The second-order valence-corrected chi connectivity index (χ2v) is 8.24. The Hall–Kier alpha value is -3.07. The number of pyridine rings is 1. The summed E-state index contributed by atoms with van der Waals surface area (Å²) in [5.41, 5.74) is 1.20. The predicted molar refractivity (Wildman–Crippen MR) is 116 cm³/mol. The van der Waals surface area contributed by atoms with E-state index < -0.39 is 10.5 Å². The molecule has 1 saturated heterocycles. The lowest BCUT2D eigenvalue weighted by atomic mass is 10.2. The Kier molecular flexibility index (Phi) is 6.31. The standard InChI is InChI=1S/C20H24ClN5O4/c1-20(2,3)30-19(27)25-12-10-24(11-13-25)15-6-4-14(5-7-15)23-16-8-9-22-18(21)17(16)26(28)29/h4-9H,10-13H2,1-3H3,(H,22,23). The molecule has 0 unspecified atom stereocenters. The molecule has 1 aromatic carbocycles. The van der Waals surface area contributed by atoms with Gasteiger partial charge in [0.1, 0.15) is 11.3 Å². The molecule has 30 heavy (non-hydrogen) atoms. The largest absolute Gasteiger partial charge is 0.444 e. The molecule has 160 valence electrons. The van der Waals surface area contributed by atoms with Gasteiger partial charge in [0.2, 0.25) is 5.15 Å². The fourth-order valence-electron chi connectivity index (χ4n) is 3.09. The fraction of sp³-hybridized carbons (Fsp3) is 0.400. The van der Waals surface area contributed by atoms with E-state index in [0.717, 1.165) is 5.69 Å². The maximum absolute atomic E-state index is 12.2. The summed E-state index contributed by atoms with van der Waals surface area (Å²) in [4.78, 5) is 30.5. The quantitative estimate of drug-likeness (QED) is 0.432. The van der Waals surface area contributed by atoms with E-state index in [1.54, 1.807) is 4.90 Å². The van der Waals surface area contributed by atoms with Gasteiger partial charge >= 0.3 is 11.8 Å². The molecule has 1 aromatic heterocycles. The first kappa shape index (κ1) is 21.6.